The van der Waals surface area contributed by atoms with Gasteiger partial charge in [0.15, 0.2) is 0 Å². The Balaban J connectivity index is 2.61. The third-order valence-corrected chi connectivity index (χ3v) is 2.65. The van der Waals surface area contributed by atoms with Gasteiger partial charge >= 0.3 is 0 Å². The predicted octanol–water partition coefficient (Wildman–Crippen LogP) is 3.75. The van der Waals surface area contributed by atoms with Gasteiger partial charge in [-0.3, -0.25) is 0 Å². The standard InChI is InChI=1S/C16H16N2/c1-2-3-4-5-6-7-8-14-9-10-15(12-17)16(11-14)13-18/h9-11H,2-6H2,1H3. The molecule has 0 amide bonds. The van der Waals surface area contributed by atoms with E-state index in [1.165, 1.54) is 19.3 Å². The molecule has 0 aromatic heterocycles. The Morgan fingerprint density at radius 1 is 1.00 bits per heavy atom. The SMILES string of the molecule is CCCCCCC#Cc1ccc(C#N)c(C#N)c1. The molecule has 0 saturated carbocycles. The van der Waals surface area contributed by atoms with E-state index in [4.69, 9.17) is 10.5 Å². The van der Waals surface area contributed by atoms with Crippen molar-refractivity contribution < 1.29 is 0 Å². The van der Waals surface area contributed by atoms with Crippen molar-refractivity contribution in [1.82, 2.24) is 0 Å². The summed E-state index contributed by atoms with van der Waals surface area (Å²) >= 11 is 0. The van der Waals surface area contributed by atoms with E-state index in [1.54, 1.807) is 18.2 Å². The summed E-state index contributed by atoms with van der Waals surface area (Å²) in [4.78, 5) is 0. The summed E-state index contributed by atoms with van der Waals surface area (Å²) in [6.45, 7) is 2.19. The van der Waals surface area contributed by atoms with E-state index >= 15 is 0 Å². The molecule has 2 heteroatoms. The molecule has 0 aliphatic carbocycles. The zero-order chi connectivity index (χ0) is 13.2. The van der Waals surface area contributed by atoms with Crippen molar-refractivity contribution in [2.45, 2.75) is 39.0 Å². The molecule has 0 radical (unpaired) electrons. The Morgan fingerprint density at radius 2 is 1.78 bits per heavy atom. The molecule has 18 heavy (non-hydrogen) atoms. The van der Waals surface area contributed by atoms with Gasteiger partial charge in [-0.1, -0.05) is 38.0 Å². The molecule has 0 saturated heterocycles. The van der Waals surface area contributed by atoms with E-state index in [2.05, 4.69) is 18.8 Å². The van der Waals surface area contributed by atoms with Crippen LogP contribution < -0.4 is 0 Å². The molecule has 0 spiro atoms. The lowest BCUT2D eigenvalue weighted by atomic mass is 10.1. The Labute approximate surface area is 109 Å². The molecule has 1 aromatic carbocycles. The smallest absolute Gasteiger partial charge is 0.101 e. The van der Waals surface area contributed by atoms with Gasteiger partial charge in [0, 0.05) is 12.0 Å². The van der Waals surface area contributed by atoms with Crippen LogP contribution in [0.3, 0.4) is 0 Å². The van der Waals surface area contributed by atoms with Crippen molar-refractivity contribution in [3.8, 4) is 24.0 Å². The molecule has 1 rings (SSSR count). The van der Waals surface area contributed by atoms with Crippen molar-refractivity contribution in [2.24, 2.45) is 0 Å². The molecule has 0 bridgehead atoms. The zero-order valence-corrected chi connectivity index (χ0v) is 10.7. The van der Waals surface area contributed by atoms with E-state index in [9.17, 15) is 0 Å². The van der Waals surface area contributed by atoms with E-state index in [1.807, 2.05) is 12.1 Å². The average Bonchev–Trinajstić information content (AvgIpc) is 2.42. The third kappa shape index (κ3) is 4.32. The molecule has 0 fully saturated rings. The number of benzene rings is 1. The highest BCUT2D eigenvalue weighted by molar-refractivity contribution is 5.50. The van der Waals surface area contributed by atoms with Crippen molar-refractivity contribution >= 4 is 0 Å². The topological polar surface area (TPSA) is 47.6 Å². The van der Waals surface area contributed by atoms with Crippen LogP contribution in [0.25, 0.3) is 0 Å². The number of hydrogen-bond acceptors (Lipinski definition) is 2. The Bertz CT molecular complexity index is 533. The first kappa shape index (κ1) is 13.8. The lowest BCUT2D eigenvalue weighted by molar-refractivity contribution is 0.679. The second kappa shape index (κ2) is 7.94. The maximum atomic E-state index is 8.89. The molecule has 0 atom stereocenters. The first-order valence-electron chi connectivity index (χ1n) is 6.25. The molecule has 90 valence electrons. The molecular formula is C16H16N2. The Morgan fingerprint density at radius 3 is 2.44 bits per heavy atom. The van der Waals surface area contributed by atoms with Crippen molar-refractivity contribution in [3.63, 3.8) is 0 Å². The maximum Gasteiger partial charge on any atom is 0.101 e. The highest BCUT2D eigenvalue weighted by Crippen LogP contribution is 2.09. The highest BCUT2D eigenvalue weighted by Gasteiger charge is 2.00. The van der Waals surface area contributed by atoms with Crippen LogP contribution in [0.4, 0.5) is 0 Å². The summed E-state index contributed by atoms with van der Waals surface area (Å²) in [5.74, 6) is 6.14. The molecule has 1 aromatic rings. The Kier molecular flexibility index (Phi) is 6.10. The fourth-order valence-electron chi connectivity index (χ4n) is 1.62. The van der Waals surface area contributed by atoms with Crippen LogP contribution in [0.2, 0.25) is 0 Å². The van der Waals surface area contributed by atoms with Crippen LogP contribution in [0, 0.1) is 34.5 Å². The van der Waals surface area contributed by atoms with Gasteiger partial charge in [0.05, 0.1) is 11.1 Å². The maximum absolute atomic E-state index is 8.89. The largest absolute Gasteiger partial charge is 0.192 e. The fraction of sp³-hybridized carbons (Fsp3) is 0.375. The van der Waals surface area contributed by atoms with E-state index in [0.29, 0.717) is 11.1 Å². The number of hydrogen-bond donors (Lipinski definition) is 0. The number of nitriles is 2. The van der Waals surface area contributed by atoms with E-state index in [-0.39, 0.29) is 0 Å². The number of nitrogens with zero attached hydrogens (tertiary/aromatic N) is 2. The van der Waals surface area contributed by atoms with Gasteiger partial charge < -0.3 is 0 Å². The summed E-state index contributed by atoms with van der Waals surface area (Å²) < 4.78 is 0. The quantitative estimate of drug-likeness (QED) is 0.590. The van der Waals surface area contributed by atoms with Crippen molar-refractivity contribution in [3.05, 3.63) is 34.9 Å². The van der Waals surface area contributed by atoms with Crippen LogP contribution in [0.5, 0.6) is 0 Å². The molecule has 0 unspecified atom stereocenters. The predicted molar refractivity (Wildman–Crippen MR) is 71.5 cm³/mol. The van der Waals surface area contributed by atoms with Gasteiger partial charge in [-0.2, -0.15) is 10.5 Å². The molecule has 0 aliphatic rings. The third-order valence-electron chi connectivity index (χ3n) is 2.65. The van der Waals surface area contributed by atoms with Crippen LogP contribution >= 0.6 is 0 Å². The lowest BCUT2D eigenvalue weighted by Crippen LogP contribution is -1.85. The monoisotopic (exact) mass is 236 g/mol. The summed E-state index contributed by atoms with van der Waals surface area (Å²) in [7, 11) is 0. The first-order valence-corrected chi connectivity index (χ1v) is 6.25. The highest BCUT2D eigenvalue weighted by atomic mass is 14.3. The van der Waals surface area contributed by atoms with Gasteiger partial charge in [0.25, 0.3) is 0 Å². The zero-order valence-electron chi connectivity index (χ0n) is 10.7. The number of rotatable bonds is 4. The molecule has 0 aliphatic heterocycles. The molecular weight excluding hydrogens is 220 g/mol. The van der Waals surface area contributed by atoms with Gasteiger partial charge in [-0.05, 0) is 24.6 Å². The average molecular weight is 236 g/mol. The lowest BCUT2D eigenvalue weighted by Gasteiger charge is -1.95. The van der Waals surface area contributed by atoms with E-state index < -0.39 is 0 Å². The van der Waals surface area contributed by atoms with Crippen LogP contribution in [0.1, 0.15) is 55.7 Å². The minimum atomic E-state index is 0.398. The van der Waals surface area contributed by atoms with E-state index in [0.717, 1.165) is 18.4 Å². The minimum absolute atomic E-state index is 0.398. The molecule has 0 N–H and O–H groups in total. The minimum Gasteiger partial charge on any atom is -0.192 e. The second-order valence-corrected chi connectivity index (χ2v) is 4.10. The van der Waals surface area contributed by atoms with Crippen LogP contribution in [0.15, 0.2) is 18.2 Å². The van der Waals surface area contributed by atoms with Gasteiger partial charge in [0.2, 0.25) is 0 Å². The summed E-state index contributed by atoms with van der Waals surface area (Å²) in [6.07, 6.45) is 5.73. The number of unbranched alkanes of at least 4 members (excludes halogenated alkanes) is 4. The van der Waals surface area contributed by atoms with Crippen molar-refractivity contribution in [1.29, 1.82) is 10.5 Å². The normalized spacial score (nSPS) is 8.83. The molecule has 0 heterocycles. The van der Waals surface area contributed by atoms with Crippen LogP contribution in [-0.4, -0.2) is 0 Å². The first-order chi connectivity index (χ1) is 8.81. The summed E-state index contributed by atoms with van der Waals surface area (Å²) in [5, 5.41) is 17.7. The summed E-state index contributed by atoms with van der Waals surface area (Å²) in [6, 6.07) is 9.13. The van der Waals surface area contributed by atoms with Gasteiger partial charge in [-0.25, -0.2) is 0 Å². The summed E-state index contributed by atoms with van der Waals surface area (Å²) in [5.41, 5.74) is 1.61. The van der Waals surface area contributed by atoms with Gasteiger partial charge in [0.1, 0.15) is 12.1 Å². The fourth-order valence-corrected chi connectivity index (χ4v) is 1.62. The van der Waals surface area contributed by atoms with Crippen molar-refractivity contribution in [2.75, 3.05) is 0 Å². The molecule has 2 nitrogen and oxygen atoms in total. The van der Waals surface area contributed by atoms with Crippen LogP contribution in [-0.2, 0) is 0 Å². The van der Waals surface area contributed by atoms with Gasteiger partial charge in [-0.15, -0.1) is 0 Å². The second-order valence-electron chi connectivity index (χ2n) is 4.10. The Hall–Kier alpha value is -2.24.